The van der Waals surface area contributed by atoms with E-state index in [9.17, 15) is 8.42 Å². The summed E-state index contributed by atoms with van der Waals surface area (Å²) in [5.74, 6) is 0.857. The molecule has 1 aromatic heterocycles. The van der Waals surface area contributed by atoms with E-state index in [0.717, 1.165) is 5.56 Å². The molecule has 106 valence electrons. The third-order valence-electron chi connectivity index (χ3n) is 2.78. The van der Waals surface area contributed by atoms with Gasteiger partial charge in [0.25, 0.3) is 0 Å². The molecule has 0 aliphatic heterocycles. The number of hydrogen-bond acceptors (Lipinski definition) is 4. The van der Waals surface area contributed by atoms with Crippen LogP contribution < -0.4 is 9.88 Å². The second kappa shape index (κ2) is 5.60. The summed E-state index contributed by atoms with van der Waals surface area (Å²) in [7, 11) is -3.87. The van der Waals surface area contributed by atoms with Crippen LogP contribution in [0.1, 0.15) is 25.3 Å². The van der Waals surface area contributed by atoms with Crippen LogP contribution in [0.15, 0.2) is 47.5 Å². The lowest BCUT2D eigenvalue weighted by Gasteiger charge is -2.10. The average molecular weight is 292 g/mol. The zero-order chi connectivity index (χ0) is 14.8. The summed E-state index contributed by atoms with van der Waals surface area (Å²) in [6.45, 7) is 4.13. The van der Waals surface area contributed by atoms with Gasteiger partial charge in [0.2, 0.25) is 15.9 Å². The molecular formula is C14H16N2O3S. The number of nitrogens with zero attached hydrogens (tertiary/aromatic N) is 1. The molecule has 2 N–H and O–H groups in total. The number of benzene rings is 1. The first-order chi connectivity index (χ1) is 9.38. The Labute approximate surface area is 118 Å². The fourth-order valence-corrected chi connectivity index (χ4v) is 2.32. The summed E-state index contributed by atoms with van der Waals surface area (Å²) < 4.78 is 28.5. The third kappa shape index (κ3) is 3.34. The van der Waals surface area contributed by atoms with E-state index in [2.05, 4.69) is 18.8 Å². The summed E-state index contributed by atoms with van der Waals surface area (Å²) in [5.41, 5.74) is 1.09. The van der Waals surface area contributed by atoms with Gasteiger partial charge in [0.05, 0.1) is 0 Å². The van der Waals surface area contributed by atoms with Crippen LogP contribution in [0, 0.1) is 0 Å². The molecule has 2 rings (SSSR count). The molecule has 0 aliphatic carbocycles. The highest BCUT2D eigenvalue weighted by Gasteiger charge is 2.16. The van der Waals surface area contributed by atoms with Crippen molar-refractivity contribution in [1.82, 2.24) is 4.98 Å². The highest BCUT2D eigenvalue weighted by molar-refractivity contribution is 7.89. The zero-order valence-electron chi connectivity index (χ0n) is 11.3. The minimum absolute atomic E-state index is 0.0177. The van der Waals surface area contributed by atoms with Crippen molar-refractivity contribution in [3.63, 3.8) is 0 Å². The number of rotatable bonds is 4. The first-order valence-electron chi connectivity index (χ1n) is 6.13. The SMILES string of the molecule is CC(C)c1cccc(Oc2ncccc2S(N)(=O)=O)c1. The van der Waals surface area contributed by atoms with Gasteiger partial charge in [-0.2, -0.15) is 0 Å². The molecule has 0 fully saturated rings. The fourth-order valence-electron chi connectivity index (χ4n) is 1.72. The summed E-state index contributed by atoms with van der Waals surface area (Å²) in [6.07, 6.45) is 1.45. The van der Waals surface area contributed by atoms with Crippen LogP contribution in [0.5, 0.6) is 11.6 Å². The van der Waals surface area contributed by atoms with Gasteiger partial charge in [0.15, 0.2) is 0 Å². The van der Waals surface area contributed by atoms with Crippen molar-refractivity contribution in [3.8, 4) is 11.6 Å². The molecule has 0 saturated carbocycles. The van der Waals surface area contributed by atoms with Gasteiger partial charge in [-0.25, -0.2) is 18.5 Å². The molecule has 0 atom stereocenters. The number of sulfonamides is 1. The van der Waals surface area contributed by atoms with Gasteiger partial charge in [-0.05, 0) is 35.7 Å². The Morgan fingerprint density at radius 3 is 2.60 bits per heavy atom. The number of nitrogens with two attached hydrogens (primary N) is 1. The van der Waals surface area contributed by atoms with Crippen molar-refractivity contribution in [2.45, 2.75) is 24.7 Å². The van der Waals surface area contributed by atoms with E-state index in [1.165, 1.54) is 18.3 Å². The Hall–Kier alpha value is -1.92. The predicted octanol–water partition coefficient (Wildman–Crippen LogP) is 2.64. The first-order valence-corrected chi connectivity index (χ1v) is 7.68. The Morgan fingerprint density at radius 2 is 1.95 bits per heavy atom. The molecule has 2 aromatic rings. The molecule has 0 spiro atoms. The van der Waals surface area contributed by atoms with Crippen molar-refractivity contribution < 1.29 is 13.2 Å². The molecule has 20 heavy (non-hydrogen) atoms. The minimum Gasteiger partial charge on any atom is -0.438 e. The molecular weight excluding hydrogens is 276 g/mol. The number of primary sulfonamides is 1. The van der Waals surface area contributed by atoms with Gasteiger partial charge in [-0.3, -0.25) is 0 Å². The van der Waals surface area contributed by atoms with Crippen LogP contribution in [-0.2, 0) is 10.0 Å². The van der Waals surface area contributed by atoms with E-state index in [0.29, 0.717) is 11.7 Å². The van der Waals surface area contributed by atoms with Gasteiger partial charge in [0.1, 0.15) is 10.6 Å². The number of ether oxygens (including phenoxy) is 1. The predicted molar refractivity (Wildman–Crippen MR) is 76.2 cm³/mol. The standard InChI is InChI=1S/C14H16N2O3S/c1-10(2)11-5-3-6-12(9-11)19-14-13(20(15,17)18)7-4-8-16-14/h3-10H,1-2H3,(H2,15,17,18). The van der Waals surface area contributed by atoms with E-state index in [-0.39, 0.29) is 10.8 Å². The minimum atomic E-state index is -3.87. The number of pyridine rings is 1. The van der Waals surface area contributed by atoms with Crippen LogP contribution in [-0.4, -0.2) is 13.4 Å². The van der Waals surface area contributed by atoms with Crippen molar-refractivity contribution in [1.29, 1.82) is 0 Å². The van der Waals surface area contributed by atoms with E-state index in [4.69, 9.17) is 9.88 Å². The van der Waals surface area contributed by atoms with Crippen LogP contribution in [0.3, 0.4) is 0 Å². The maximum atomic E-state index is 11.5. The van der Waals surface area contributed by atoms with Gasteiger partial charge in [0, 0.05) is 6.20 Å². The normalized spacial score (nSPS) is 11.6. The van der Waals surface area contributed by atoms with Crippen molar-refractivity contribution in [3.05, 3.63) is 48.2 Å². The zero-order valence-corrected chi connectivity index (χ0v) is 12.1. The fraction of sp³-hybridized carbons (Fsp3) is 0.214. The average Bonchev–Trinajstić information content (AvgIpc) is 2.38. The molecule has 6 heteroatoms. The van der Waals surface area contributed by atoms with Crippen LogP contribution >= 0.6 is 0 Å². The molecule has 0 saturated heterocycles. The van der Waals surface area contributed by atoms with E-state index in [1.807, 2.05) is 18.2 Å². The molecule has 0 unspecified atom stereocenters. The highest BCUT2D eigenvalue weighted by atomic mass is 32.2. The Bertz CT molecular complexity index is 712. The monoisotopic (exact) mass is 292 g/mol. The van der Waals surface area contributed by atoms with Crippen molar-refractivity contribution in [2.24, 2.45) is 5.14 Å². The Kier molecular flexibility index (Phi) is 4.06. The molecule has 5 nitrogen and oxygen atoms in total. The smallest absolute Gasteiger partial charge is 0.243 e. The van der Waals surface area contributed by atoms with E-state index < -0.39 is 10.0 Å². The van der Waals surface area contributed by atoms with Crippen LogP contribution in [0.25, 0.3) is 0 Å². The lowest BCUT2D eigenvalue weighted by atomic mass is 10.0. The summed E-state index contributed by atoms with van der Waals surface area (Å²) in [4.78, 5) is 3.80. The van der Waals surface area contributed by atoms with E-state index >= 15 is 0 Å². The largest absolute Gasteiger partial charge is 0.438 e. The Morgan fingerprint density at radius 1 is 1.20 bits per heavy atom. The lowest BCUT2D eigenvalue weighted by molar-refractivity contribution is 0.446. The summed E-state index contributed by atoms with van der Waals surface area (Å²) >= 11 is 0. The van der Waals surface area contributed by atoms with Crippen LogP contribution in [0.4, 0.5) is 0 Å². The second-order valence-corrected chi connectivity index (χ2v) is 6.21. The number of aromatic nitrogens is 1. The molecule has 0 radical (unpaired) electrons. The maximum absolute atomic E-state index is 11.5. The van der Waals surface area contributed by atoms with Gasteiger partial charge in [-0.1, -0.05) is 26.0 Å². The third-order valence-corrected chi connectivity index (χ3v) is 3.71. The molecule has 0 amide bonds. The lowest BCUT2D eigenvalue weighted by Crippen LogP contribution is -2.13. The van der Waals surface area contributed by atoms with Crippen LogP contribution in [0.2, 0.25) is 0 Å². The molecule has 0 aliphatic rings. The van der Waals surface area contributed by atoms with Crippen molar-refractivity contribution in [2.75, 3.05) is 0 Å². The van der Waals surface area contributed by atoms with E-state index in [1.54, 1.807) is 6.07 Å². The quantitative estimate of drug-likeness (QED) is 0.939. The van der Waals surface area contributed by atoms with Gasteiger partial charge < -0.3 is 4.74 Å². The molecule has 1 heterocycles. The highest BCUT2D eigenvalue weighted by Crippen LogP contribution is 2.27. The first kappa shape index (κ1) is 14.5. The van der Waals surface area contributed by atoms with Gasteiger partial charge in [-0.15, -0.1) is 0 Å². The summed E-state index contributed by atoms with van der Waals surface area (Å²) in [5, 5.41) is 5.14. The Balaban J connectivity index is 2.38. The van der Waals surface area contributed by atoms with Crippen molar-refractivity contribution >= 4 is 10.0 Å². The van der Waals surface area contributed by atoms with Gasteiger partial charge >= 0.3 is 0 Å². The molecule has 1 aromatic carbocycles. The topological polar surface area (TPSA) is 82.3 Å². The second-order valence-electron chi connectivity index (χ2n) is 4.68. The number of hydrogen-bond donors (Lipinski definition) is 1. The maximum Gasteiger partial charge on any atom is 0.243 e. The summed E-state index contributed by atoms with van der Waals surface area (Å²) in [6, 6.07) is 10.3. The molecule has 0 bridgehead atoms.